The number of nitrogens with zero attached hydrogens (tertiary/aromatic N) is 1. The summed E-state index contributed by atoms with van der Waals surface area (Å²) < 4.78 is 26.3. The summed E-state index contributed by atoms with van der Waals surface area (Å²) in [5.41, 5.74) is -0.300. The topological polar surface area (TPSA) is 130 Å². The van der Waals surface area contributed by atoms with Gasteiger partial charge in [-0.3, -0.25) is 14.9 Å². The molecule has 24 heavy (non-hydrogen) atoms. The van der Waals surface area contributed by atoms with Crippen molar-refractivity contribution in [2.75, 3.05) is 26.7 Å². The van der Waals surface area contributed by atoms with Crippen molar-refractivity contribution in [3.05, 3.63) is 34.4 Å². The van der Waals surface area contributed by atoms with Crippen LogP contribution in [0.1, 0.15) is 12.8 Å². The van der Waals surface area contributed by atoms with E-state index in [1.807, 2.05) is 0 Å². The molecule has 1 aromatic carbocycles. The van der Waals surface area contributed by atoms with Gasteiger partial charge in [0.05, 0.1) is 9.82 Å². The molecule has 0 heterocycles. The van der Waals surface area contributed by atoms with Gasteiger partial charge in [0.2, 0.25) is 15.9 Å². The van der Waals surface area contributed by atoms with Gasteiger partial charge in [-0.1, -0.05) is 6.07 Å². The zero-order chi connectivity index (χ0) is 17.3. The number of non-ortho nitro benzene ring substituents is 1. The number of nitrogens with one attached hydrogen (secondary N) is 3. The minimum atomic E-state index is -3.85. The van der Waals surface area contributed by atoms with Gasteiger partial charge in [0, 0.05) is 31.6 Å². The van der Waals surface area contributed by atoms with Crippen LogP contribution in [-0.4, -0.2) is 45.9 Å². The van der Waals surface area contributed by atoms with Crippen LogP contribution in [0.3, 0.4) is 0 Å². The van der Waals surface area contributed by atoms with Crippen molar-refractivity contribution >= 4 is 34.0 Å². The highest BCUT2D eigenvalue weighted by Crippen LogP contribution is 2.16. The lowest BCUT2D eigenvalue weighted by Gasteiger charge is -2.08. The van der Waals surface area contributed by atoms with Crippen LogP contribution >= 0.6 is 12.4 Å². The Kier molecular flexibility index (Phi) is 10.1. The van der Waals surface area contributed by atoms with Gasteiger partial charge in [-0.2, -0.15) is 0 Å². The van der Waals surface area contributed by atoms with Crippen LogP contribution in [-0.2, 0) is 14.8 Å². The maximum absolute atomic E-state index is 12.0. The van der Waals surface area contributed by atoms with Crippen molar-refractivity contribution in [3.63, 3.8) is 0 Å². The molecule has 0 saturated heterocycles. The van der Waals surface area contributed by atoms with E-state index in [1.54, 1.807) is 7.05 Å². The Morgan fingerprint density at radius 3 is 2.58 bits per heavy atom. The first-order valence-corrected chi connectivity index (χ1v) is 8.50. The average molecular weight is 381 g/mol. The van der Waals surface area contributed by atoms with Crippen LogP contribution in [0.2, 0.25) is 0 Å². The normalized spacial score (nSPS) is 10.7. The molecule has 9 nitrogen and oxygen atoms in total. The summed E-state index contributed by atoms with van der Waals surface area (Å²) in [7, 11) is -2.06. The summed E-state index contributed by atoms with van der Waals surface area (Å²) in [5, 5.41) is 16.2. The number of benzene rings is 1. The van der Waals surface area contributed by atoms with Crippen molar-refractivity contribution in [2.24, 2.45) is 0 Å². The van der Waals surface area contributed by atoms with Gasteiger partial charge >= 0.3 is 0 Å². The van der Waals surface area contributed by atoms with Crippen LogP contribution in [0.4, 0.5) is 5.69 Å². The van der Waals surface area contributed by atoms with Gasteiger partial charge in [-0.05, 0) is 26.1 Å². The molecule has 0 aromatic heterocycles. The van der Waals surface area contributed by atoms with Crippen LogP contribution in [0.5, 0.6) is 0 Å². The number of hydrogen-bond acceptors (Lipinski definition) is 6. The fraction of sp³-hybridized carbons (Fsp3) is 0.462. The zero-order valence-corrected chi connectivity index (χ0v) is 14.8. The van der Waals surface area contributed by atoms with Gasteiger partial charge < -0.3 is 10.6 Å². The molecule has 0 radical (unpaired) electrons. The van der Waals surface area contributed by atoms with Crippen molar-refractivity contribution in [1.82, 2.24) is 15.4 Å². The number of hydrogen-bond donors (Lipinski definition) is 3. The lowest BCUT2D eigenvalue weighted by molar-refractivity contribution is -0.385. The Labute approximate surface area is 146 Å². The minimum Gasteiger partial charge on any atom is -0.355 e. The molecule has 3 N–H and O–H groups in total. The molecule has 0 aliphatic heterocycles. The maximum atomic E-state index is 12.0. The van der Waals surface area contributed by atoms with E-state index < -0.39 is 14.9 Å². The Balaban J connectivity index is 0.00000529. The highest BCUT2D eigenvalue weighted by molar-refractivity contribution is 7.89. The summed E-state index contributed by atoms with van der Waals surface area (Å²) in [5.74, 6) is -0.158. The van der Waals surface area contributed by atoms with E-state index in [0.717, 1.165) is 12.6 Å². The molecular weight excluding hydrogens is 360 g/mol. The Bertz CT molecular complexity index is 654. The summed E-state index contributed by atoms with van der Waals surface area (Å²) in [6, 6.07) is 4.77. The third-order valence-electron chi connectivity index (χ3n) is 2.91. The number of carbonyl (C=O) groups is 1. The average Bonchev–Trinajstić information content (AvgIpc) is 2.52. The first-order chi connectivity index (χ1) is 10.9. The quantitative estimate of drug-likeness (QED) is 0.306. The molecule has 1 aromatic rings. The number of sulfonamides is 1. The second-order valence-corrected chi connectivity index (χ2v) is 6.48. The van der Waals surface area contributed by atoms with Crippen molar-refractivity contribution in [2.45, 2.75) is 17.7 Å². The van der Waals surface area contributed by atoms with E-state index >= 15 is 0 Å². The van der Waals surface area contributed by atoms with Crippen molar-refractivity contribution in [3.8, 4) is 0 Å². The number of nitro groups is 1. The standard InChI is InChI=1S/C13H20N4O5S.ClH/c1-14-7-3-6-13(18)15-8-9-16-23(21,22)12-5-2-4-11(10-12)17(19)20;/h2,4-5,10,14,16H,3,6-9H2,1H3,(H,15,18);1H. The molecule has 0 aliphatic rings. The van der Waals surface area contributed by atoms with E-state index in [1.165, 1.54) is 18.2 Å². The summed E-state index contributed by atoms with van der Waals surface area (Å²) >= 11 is 0. The van der Waals surface area contributed by atoms with E-state index in [2.05, 4.69) is 15.4 Å². The molecule has 0 aliphatic carbocycles. The second-order valence-electron chi connectivity index (χ2n) is 4.71. The van der Waals surface area contributed by atoms with E-state index in [9.17, 15) is 23.3 Å². The second kappa shape index (κ2) is 10.9. The molecule has 1 amide bonds. The lowest BCUT2D eigenvalue weighted by atomic mass is 10.3. The number of halogens is 1. The zero-order valence-electron chi connectivity index (χ0n) is 13.1. The number of amides is 1. The van der Waals surface area contributed by atoms with Gasteiger partial charge in [0.15, 0.2) is 0 Å². The molecule has 0 unspecified atom stereocenters. The monoisotopic (exact) mass is 380 g/mol. The largest absolute Gasteiger partial charge is 0.355 e. The Morgan fingerprint density at radius 2 is 1.96 bits per heavy atom. The van der Waals surface area contributed by atoms with Crippen molar-refractivity contribution in [1.29, 1.82) is 0 Å². The fourth-order valence-electron chi connectivity index (χ4n) is 1.75. The Hall–Kier alpha value is -1.75. The van der Waals surface area contributed by atoms with Crippen LogP contribution in [0.25, 0.3) is 0 Å². The number of carbonyl (C=O) groups excluding carboxylic acids is 1. The molecule has 136 valence electrons. The smallest absolute Gasteiger partial charge is 0.270 e. The molecular formula is C13H21ClN4O5S. The summed E-state index contributed by atoms with van der Waals surface area (Å²) in [6.45, 7) is 0.877. The molecule has 0 saturated carbocycles. The molecule has 0 atom stereocenters. The third-order valence-corrected chi connectivity index (χ3v) is 4.37. The van der Waals surface area contributed by atoms with E-state index in [-0.39, 0.29) is 42.0 Å². The number of rotatable bonds is 10. The van der Waals surface area contributed by atoms with Gasteiger partial charge in [-0.25, -0.2) is 13.1 Å². The maximum Gasteiger partial charge on any atom is 0.270 e. The molecule has 11 heteroatoms. The summed E-state index contributed by atoms with van der Waals surface area (Å²) in [4.78, 5) is 21.3. The highest BCUT2D eigenvalue weighted by Gasteiger charge is 2.17. The van der Waals surface area contributed by atoms with Crippen molar-refractivity contribution < 1.29 is 18.1 Å². The van der Waals surface area contributed by atoms with Gasteiger partial charge in [0.1, 0.15) is 0 Å². The first-order valence-electron chi connectivity index (χ1n) is 7.02. The predicted molar refractivity (Wildman–Crippen MR) is 91.7 cm³/mol. The molecule has 1 rings (SSSR count). The molecule has 0 bridgehead atoms. The highest BCUT2D eigenvalue weighted by atomic mass is 35.5. The van der Waals surface area contributed by atoms with E-state index in [0.29, 0.717) is 12.8 Å². The third kappa shape index (κ3) is 7.68. The first kappa shape index (κ1) is 22.2. The predicted octanol–water partition coefficient (Wildman–Crippen LogP) is 0.411. The van der Waals surface area contributed by atoms with Gasteiger partial charge in [-0.15, -0.1) is 12.4 Å². The Morgan fingerprint density at radius 1 is 1.25 bits per heavy atom. The number of nitro benzene ring substituents is 1. The van der Waals surface area contributed by atoms with Gasteiger partial charge in [0.25, 0.3) is 5.69 Å². The minimum absolute atomic E-state index is 0. The van der Waals surface area contributed by atoms with Crippen LogP contribution in [0.15, 0.2) is 29.2 Å². The van der Waals surface area contributed by atoms with Crippen LogP contribution < -0.4 is 15.4 Å². The van der Waals surface area contributed by atoms with E-state index in [4.69, 9.17) is 0 Å². The SMILES string of the molecule is CNCCCC(=O)NCCNS(=O)(=O)c1cccc([N+](=O)[O-])c1.Cl. The van der Waals surface area contributed by atoms with Crippen LogP contribution in [0, 0.1) is 10.1 Å². The fourth-order valence-corrected chi connectivity index (χ4v) is 2.82. The molecule has 0 fully saturated rings. The molecule has 0 spiro atoms. The lowest BCUT2D eigenvalue weighted by Crippen LogP contribution is -2.34. The summed E-state index contributed by atoms with van der Waals surface area (Å²) in [6.07, 6.45) is 1.06.